The summed E-state index contributed by atoms with van der Waals surface area (Å²) in [6, 6.07) is 11.1. The first-order valence-corrected chi connectivity index (χ1v) is 5.01. The monoisotopic (exact) mass is 212 g/mol. The summed E-state index contributed by atoms with van der Waals surface area (Å²) in [5.41, 5.74) is 1.54. The molecule has 16 heavy (non-hydrogen) atoms. The summed E-state index contributed by atoms with van der Waals surface area (Å²) in [6.45, 7) is 1.85. The Hall–Kier alpha value is -2.16. The van der Waals surface area contributed by atoms with Gasteiger partial charge >= 0.3 is 0 Å². The molecule has 1 N–H and O–H groups in total. The van der Waals surface area contributed by atoms with E-state index in [-0.39, 0.29) is 5.75 Å². The van der Waals surface area contributed by atoms with Crippen LogP contribution in [0.3, 0.4) is 0 Å². The van der Waals surface area contributed by atoms with E-state index in [1.807, 2.05) is 43.3 Å². The summed E-state index contributed by atoms with van der Waals surface area (Å²) in [5, 5.41) is 9.76. The van der Waals surface area contributed by atoms with Crippen molar-refractivity contribution in [3.63, 3.8) is 0 Å². The van der Waals surface area contributed by atoms with Crippen LogP contribution < -0.4 is 0 Å². The van der Waals surface area contributed by atoms with Crippen molar-refractivity contribution in [1.29, 1.82) is 0 Å². The van der Waals surface area contributed by atoms with Crippen molar-refractivity contribution in [3.8, 4) is 5.75 Å². The molecule has 2 rings (SSSR count). The molecule has 0 aliphatic carbocycles. The maximum absolute atomic E-state index is 9.76. The highest BCUT2D eigenvalue weighted by Gasteiger charge is 2.00. The van der Waals surface area contributed by atoms with Crippen LogP contribution in [0.1, 0.15) is 11.1 Å². The molecule has 3 nitrogen and oxygen atoms in total. The number of phenolic OH excluding ortho intramolecular Hbond substituents is 1. The molecule has 0 saturated carbocycles. The highest BCUT2D eigenvalue weighted by Crippen LogP contribution is 2.20. The van der Waals surface area contributed by atoms with Crippen molar-refractivity contribution in [1.82, 2.24) is 4.98 Å². The maximum Gasteiger partial charge on any atom is 0.151 e. The van der Waals surface area contributed by atoms with Crippen LogP contribution in [-0.2, 0) is 0 Å². The van der Waals surface area contributed by atoms with Gasteiger partial charge < -0.3 is 5.11 Å². The smallest absolute Gasteiger partial charge is 0.151 e. The second-order valence-electron chi connectivity index (χ2n) is 3.46. The van der Waals surface area contributed by atoms with Crippen molar-refractivity contribution < 1.29 is 5.11 Å². The van der Waals surface area contributed by atoms with Gasteiger partial charge in [-0.05, 0) is 30.7 Å². The molecule has 0 atom stereocenters. The predicted octanol–water partition coefficient (Wildman–Crippen LogP) is 2.85. The lowest BCUT2D eigenvalue weighted by atomic mass is 10.1. The molecule has 0 bridgehead atoms. The Morgan fingerprint density at radius 2 is 2.06 bits per heavy atom. The molecule has 0 fully saturated rings. The summed E-state index contributed by atoms with van der Waals surface area (Å²) < 4.78 is 0. The third-order valence-electron chi connectivity index (χ3n) is 2.25. The van der Waals surface area contributed by atoms with E-state index in [1.165, 1.54) is 0 Å². The molecular weight excluding hydrogens is 200 g/mol. The molecule has 0 radical (unpaired) electrons. The Labute approximate surface area is 94.1 Å². The Bertz CT molecular complexity index is 507. The van der Waals surface area contributed by atoms with Gasteiger partial charge in [0.1, 0.15) is 5.75 Å². The van der Waals surface area contributed by atoms with Crippen molar-refractivity contribution in [2.45, 2.75) is 6.92 Å². The number of pyridine rings is 1. The Kier molecular flexibility index (Phi) is 2.96. The fourth-order valence-corrected chi connectivity index (χ4v) is 1.35. The second kappa shape index (κ2) is 4.57. The molecule has 0 aliphatic heterocycles. The molecule has 1 heterocycles. The number of benzene rings is 1. The molecule has 0 amide bonds. The minimum Gasteiger partial charge on any atom is -0.507 e. The van der Waals surface area contributed by atoms with E-state index in [0.29, 0.717) is 11.4 Å². The van der Waals surface area contributed by atoms with E-state index in [0.717, 1.165) is 5.56 Å². The largest absolute Gasteiger partial charge is 0.507 e. The molecule has 0 unspecified atom stereocenters. The van der Waals surface area contributed by atoms with Crippen LogP contribution in [0, 0.1) is 6.92 Å². The molecule has 0 saturated heterocycles. The van der Waals surface area contributed by atoms with Gasteiger partial charge in [-0.2, -0.15) is 0 Å². The fraction of sp³-hybridized carbons (Fsp3) is 0.0769. The van der Waals surface area contributed by atoms with Gasteiger partial charge in [0.25, 0.3) is 0 Å². The number of hydrogen-bond donors (Lipinski definition) is 1. The molecule has 80 valence electrons. The number of aromatic nitrogens is 1. The molecule has 2 aromatic rings. The average molecular weight is 212 g/mol. The first kappa shape index (κ1) is 10.4. The lowest BCUT2D eigenvalue weighted by Gasteiger charge is -2.01. The summed E-state index contributed by atoms with van der Waals surface area (Å²) in [6.07, 6.45) is 3.30. The molecule has 1 aromatic carbocycles. The zero-order valence-electron chi connectivity index (χ0n) is 8.96. The molecule has 0 spiro atoms. The topological polar surface area (TPSA) is 45.5 Å². The van der Waals surface area contributed by atoms with E-state index in [1.54, 1.807) is 12.4 Å². The fourth-order valence-electron chi connectivity index (χ4n) is 1.35. The minimum absolute atomic E-state index is 0.266. The van der Waals surface area contributed by atoms with E-state index < -0.39 is 0 Å². The third kappa shape index (κ3) is 2.25. The van der Waals surface area contributed by atoms with Crippen molar-refractivity contribution in [2.24, 2.45) is 4.99 Å². The normalized spacial score (nSPS) is 10.8. The zero-order valence-corrected chi connectivity index (χ0v) is 8.96. The number of phenols is 1. The number of rotatable bonds is 2. The molecule has 0 aliphatic rings. The lowest BCUT2D eigenvalue weighted by Crippen LogP contribution is -1.85. The van der Waals surface area contributed by atoms with Crippen LogP contribution in [-0.4, -0.2) is 16.3 Å². The van der Waals surface area contributed by atoms with Gasteiger partial charge in [0.15, 0.2) is 5.82 Å². The first-order valence-electron chi connectivity index (χ1n) is 5.01. The third-order valence-corrected chi connectivity index (χ3v) is 2.25. The number of hydrogen-bond acceptors (Lipinski definition) is 3. The molecular formula is C13H12N2O. The molecule has 3 heteroatoms. The van der Waals surface area contributed by atoms with Gasteiger partial charge in [-0.15, -0.1) is 0 Å². The van der Waals surface area contributed by atoms with Crippen molar-refractivity contribution in [2.75, 3.05) is 0 Å². The van der Waals surface area contributed by atoms with E-state index >= 15 is 0 Å². The standard InChI is InChI=1S/C13H12N2O/c1-10-5-4-6-11(13(10)16)9-15-12-7-2-3-8-14-12/h2-9,16H,1H3. The Morgan fingerprint density at radius 1 is 1.19 bits per heavy atom. The summed E-state index contributed by atoms with van der Waals surface area (Å²) in [4.78, 5) is 8.25. The van der Waals surface area contributed by atoms with Crippen LogP contribution in [0.15, 0.2) is 47.6 Å². The predicted molar refractivity (Wildman–Crippen MR) is 64.3 cm³/mol. The summed E-state index contributed by atoms with van der Waals surface area (Å²) in [7, 11) is 0. The highest BCUT2D eigenvalue weighted by molar-refractivity contribution is 5.85. The van der Waals surface area contributed by atoms with Crippen molar-refractivity contribution >= 4 is 12.0 Å². The average Bonchev–Trinajstić information content (AvgIpc) is 2.32. The van der Waals surface area contributed by atoms with Gasteiger partial charge in [0, 0.05) is 18.0 Å². The quantitative estimate of drug-likeness (QED) is 0.778. The minimum atomic E-state index is 0.266. The number of nitrogens with zero attached hydrogens (tertiary/aromatic N) is 2. The highest BCUT2D eigenvalue weighted by atomic mass is 16.3. The van der Waals surface area contributed by atoms with Crippen molar-refractivity contribution in [3.05, 3.63) is 53.7 Å². The van der Waals surface area contributed by atoms with Crippen LogP contribution in [0.5, 0.6) is 5.75 Å². The van der Waals surface area contributed by atoms with Gasteiger partial charge in [-0.25, -0.2) is 9.98 Å². The maximum atomic E-state index is 9.76. The van der Waals surface area contributed by atoms with Crippen LogP contribution in [0.4, 0.5) is 5.82 Å². The molecule has 1 aromatic heterocycles. The van der Waals surface area contributed by atoms with Crippen LogP contribution >= 0.6 is 0 Å². The Morgan fingerprint density at radius 3 is 2.81 bits per heavy atom. The second-order valence-corrected chi connectivity index (χ2v) is 3.46. The van der Waals surface area contributed by atoms with Gasteiger partial charge in [-0.1, -0.05) is 18.2 Å². The Balaban J connectivity index is 2.28. The zero-order chi connectivity index (χ0) is 11.4. The van der Waals surface area contributed by atoms with E-state index in [2.05, 4.69) is 9.98 Å². The van der Waals surface area contributed by atoms with Gasteiger partial charge in [-0.3, -0.25) is 0 Å². The van der Waals surface area contributed by atoms with E-state index in [4.69, 9.17) is 0 Å². The summed E-state index contributed by atoms with van der Waals surface area (Å²) >= 11 is 0. The number of aliphatic imine (C=N–C) groups is 1. The van der Waals surface area contributed by atoms with Gasteiger partial charge in [0.2, 0.25) is 0 Å². The number of aromatic hydroxyl groups is 1. The number of aryl methyl sites for hydroxylation is 1. The number of para-hydroxylation sites is 1. The van der Waals surface area contributed by atoms with Crippen LogP contribution in [0.25, 0.3) is 0 Å². The SMILES string of the molecule is Cc1cccc(C=Nc2ccccn2)c1O. The lowest BCUT2D eigenvalue weighted by molar-refractivity contribution is 0.470. The van der Waals surface area contributed by atoms with E-state index in [9.17, 15) is 5.11 Å². The first-order chi connectivity index (χ1) is 7.77. The summed E-state index contributed by atoms with van der Waals surface area (Å²) in [5.74, 6) is 0.894. The van der Waals surface area contributed by atoms with Crippen LogP contribution in [0.2, 0.25) is 0 Å². The van der Waals surface area contributed by atoms with Gasteiger partial charge in [0.05, 0.1) is 0 Å².